The van der Waals surface area contributed by atoms with E-state index < -0.39 is 5.54 Å². The van der Waals surface area contributed by atoms with Crippen molar-refractivity contribution < 1.29 is 14.4 Å². The van der Waals surface area contributed by atoms with E-state index in [1.54, 1.807) is 0 Å². The van der Waals surface area contributed by atoms with E-state index in [9.17, 15) is 14.4 Å². The molecule has 0 aromatic rings. The van der Waals surface area contributed by atoms with Gasteiger partial charge in [0.2, 0.25) is 17.7 Å². The molecule has 0 radical (unpaired) electrons. The maximum absolute atomic E-state index is 14.3. The van der Waals surface area contributed by atoms with E-state index in [-0.39, 0.29) is 47.1 Å². The van der Waals surface area contributed by atoms with Gasteiger partial charge >= 0.3 is 0 Å². The highest BCUT2D eigenvalue weighted by Gasteiger charge is 2.57. The first-order valence-electron chi connectivity index (χ1n) is 16.7. The standard InChI is InChI=1S/C35H53N5O3/c1-6-8-17-34(16-7-2)25-39(5)35(18-10-11-19-35)32(43)40(34)24-30(41)36-28-15-14-27-21-26(22-33(27,3)23-28)31(42)37-29-13-9-12-20-38(29)4/h9,12-15,23,26-27H,6-8,10-11,16-22,24-25H2,1-5H3,(H,36,41)(H,37,42). The third-order valence-electron chi connectivity index (χ3n) is 11.1. The van der Waals surface area contributed by atoms with Crippen molar-refractivity contribution in [2.24, 2.45) is 17.3 Å². The molecule has 8 nitrogen and oxygen atoms in total. The van der Waals surface area contributed by atoms with Crippen LogP contribution >= 0.6 is 0 Å². The van der Waals surface area contributed by atoms with Crippen LogP contribution < -0.4 is 10.6 Å². The lowest BCUT2D eigenvalue weighted by molar-refractivity contribution is -0.167. The first-order valence-corrected chi connectivity index (χ1v) is 16.7. The zero-order valence-corrected chi connectivity index (χ0v) is 27.1. The Hall–Kier alpha value is -2.87. The van der Waals surface area contributed by atoms with Gasteiger partial charge in [-0.25, -0.2) is 0 Å². The number of nitrogens with zero attached hydrogens (tertiary/aromatic N) is 3. The zero-order chi connectivity index (χ0) is 30.8. The van der Waals surface area contributed by atoms with Gasteiger partial charge in [-0.3, -0.25) is 19.3 Å². The molecule has 4 atom stereocenters. The topological polar surface area (TPSA) is 85.0 Å². The molecule has 0 aromatic carbocycles. The van der Waals surface area contributed by atoms with Gasteiger partial charge in [-0.05, 0) is 69.1 Å². The second-order valence-corrected chi connectivity index (χ2v) is 14.2. The summed E-state index contributed by atoms with van der Waals surface area (Å²) >= 11 is 0. The van der Waals surface area contributed by atoms with E-state index in [1.807, 2.05) is 35.1 Å². The summed E-state index contributed by atoms with van der Waals surface area (Å²) in [5, 5.41) is 6.30. The minimum Gasteiger partial charge on any atom is -0.357 e. The largest absolute Gasteiger partial charge is 0.357 e. The molecular weight excluding hydrogens is 538 g/mol. The number of allylic oxidation sites excluding steroid dienone is 5. The maximum Gasteiger partial charge on any atom is 0.244 e. The van der Waals surface area contributed by atoms with Crippen LogP contribution in [-0.4, -0.2) is 77.2 Å². The van der Waals surface area contributed by atoms with Crippen molar-refractivity contribution in [3.8, 4) is 0 Å². The molecule has 1 spiro atoms. The molecule has 4 unspecified atom stereocenters. The molecule has 3 fully saturated rings. The quantitative estimate of drug-likeness (QED) is 0.379. The lowest BCUT2D eigenvalue weighted by Crippen LogP contribution is -2.73. The van der Waals surface area contributed by atoms with Gasteiger partial charge in [-0.15, -0.1) is 0 Å². The van der Waals surface area contributed by atoms with Gasteiger partial charge in [0.15, 0.2) is 0 Å². The van der Waals surface area contributed by atoms with Gasteiger partial charge in [0, 0.05) is 31.8 Å². The van der Waals surface area contributed by atoms with Gasteiger partial charge in [-0.2, -0.15) is 0 Å². The molecule has 2 aliphatic heterocycles. The van der Waals surface area contributed by atoms with Crippen LogP contribution in [0.2, 0.25) is 0 Å². The summed E-state index contributed by atoms with van der Waals surface area (Å²) in [5.74, 6) is 1.07. The van der Waals surface area contributed by atoms with E-state index >= 15 is 0 Å². The van der Waals surface area contributed by atoms with E-state index in [0.29, 0.717) is 0 Å². The number of likely N-dealkylation sites (N-methyl/N-ethyl adjacent to an activating group) is 2. The Labute approximate surface area is 258 Å². The van der Waals surface area contributed by atoms with Crippen LogP contribution in [0.3, 0.4) is 0 Å². The molecule has 0 bridgehead atoms. The summed E-state index contributed by atoms with van der Waals surface area (Å²) in [4.78, 5) is 47.6. The van der Waals surface area contributed by atoms with Crippen molar-refractivity contribution in [1.82, 2.24) is 25.3 Å². The summed E-state index contributed by atoms with van der Waals surface area (Å²) < 4.78 is 0. The van der Waals surface area contributed by atoms with E-state index in [1.165, 1.54) is 0 Å². The van der Waals surface area contributed by atoms with Crippen molar-refractivity contribution in [1.29, 1.82) is 0 Å². The summed E-state index contributed by atoms with van der Waals surface area (Å²) in [6, 6.07) is 0. The smallest absolute Gasteiger partial charge is 0.244 e. The first kappa shape index (κ1) is 31.6. The monoisotopic (exact) mass is 591 g/mol. The molecule has 1 saturated heterocycles. The lowest BCUT2D eigenvalue weighted by Gasteiger charge is -2.57. The summed E-state index contributed by atoms with van der Waals surface area (Å²) in [6.07, 6.45) is 22.6. The van der Waals surface area contributed by atoms with Crippen LogP contribution in [0.1, 0.15) is 91.4 Å². The van der Waals surface area contributed by atoms with Gasteiger partial charge in [0.05, 0.1) is 5.54 Å². The fourth-order valence-corrected chi connectivity index (χ4v) is 8.65. The lowest BCUT2D eigenvalue weighted by atomic mass is 9.76. The molecule has 2 N–H and O–H groups in total. The Bertz CT molecular complexity index is 1210. The highest BCUT2D eigenvalue weighted by Crippen LogP contribution is 2.50. The SMILES string of the molecule is CCCCC1(CCC)CN(C)C2(CCCC2)C(=O)N1CC(=O)NC1=CC2(C)CC(C(=O)NC3=CC=CCN3C)CC2C=C1. The molecular formula is C35H53N5O3. The predicted octanol–water partition coefficient (Wildman–Crippen LogP) is 4.86. The van der Waals surface area contributed by atoms with Crippen LogP contribution in [0, 0.1) is 17.3 Å². The minimum absolute atomic E-state index is 0.0603. The number of fused-ring (bicyclic) bond motifs is 1. The number of hydrogen-bond donors (Lipinski definition) is 2. The van der Waals surface area contributed by atoms with Crippen LogP contribution in [0.5, 0.6) is 0 Å². The average Bonchev–Trinajstić information content (AvgIpc) is 3.60. The van der Waals surface area contributed by atoms with E-state index in [4.69, 9.17) is 0 Å². The van der Waals surface area contributed by atoms with Crippen molar-refractivity contribution >= 4 is 17.7 Å². The second kappa shape index (κ2) is 12.6. The molecule has 5 aliphatic rings. The van der Waals surface area contributed by atoms with Gasteiger partial charge < -0.3 is 20.4 Å². The fourth-order valence-electron chi connectivity index (χ4n) is 8.65. The Morgan fingerprint density at radius 2 is 1.84 bits per heavy atom. The van der Waals surface area contributed by atoms with Crippen molar-refractivity contribution in [2.45, 2.75) is 102 Å². The summed E-state index contributed by atoms with van der Waals surface area (Å²) in [7, 11) is 4.10. The van der Waals surface area contributed by atoms with Gasteiger partial charge in [0.25, 0.3) is 0 Å². The average molecular weight is 592 g/mol. The predicted molar refractivity (Wildman–Crippen MR) is 170 cm³/mol. The van der Waals surface area contributed by atoms with Crippen molar-refractivity contribution in [2.75, 3.05) is 33.7 Å². The molecule has 43 heavy (non-hydrogen) atoms. The third kappa shape index (κ3) is 6.09. The number of carbonyl (C=O) groups is 3. The van der Waals surface area contributed by atoms with E-state index in [2.05, 4.69) is 61.6 Å². The summed E-state index contributed by atoms with van der Waals surface area (Å²) in [6.45, 7) is 8.27. The number of amides is 3. The molecule has 8 heteroatoms. The zero-order valence-electron chi connectivity index (χ0n) is 27.1. The summed E-state index contributed by atoms with van der Waals surface area (Å²) in [5.41, 5.74) is -0.223. The van der Waals surface area contributed by atoms with Crippen LogP contribution in [-0.2, 0) is 14.4 Å². The van der Waals surface area contributed by atoms with Crippen LogP contribution in [0.15, 0.2) is 48.0 Å². The third-order valence-corrected chi connectivity index (χ3v) is 11.1. The van der Waals surface area contributed by atoms with Crippen LogP contribution in [0.4, 0.5) is 0 Å². The number of piperazine rings is 1. The van der Waals surface area contributed by atoms with Crippen molar-refractivity contribution in [3.63, 3.8) is 0 Å². The first-order chi connectivity index (χ1) is 20.6. The second-order valence-electron chi connectivity index (χ2n) is 14.2. The highest BCUT2D eigenvalue weighted by molar-refractivity contribution is 5.92. The molecule has 5 rings (SSSR count). The van der Waals surface area contributed by atoms with Gasteiger partial charge in [-0.1, -0.05) is 77.2 Å². The molecule has 0 aromatic heterocycles. The Morgan fingerprint density at radius 3 is 2.53 bits per heavy atom. The van der Waals surface area contributed by atoms with Crippen molar-refractivity contribution in [3.05, 3.63) is 48.0 Å². The minimum atomic E-state index is -0.466. The van der Waals surface area contributed by atoms with Gasteiger partial charge in [0.1, 0.15) is 17.9 Å². The molecule has 2 saturated carbocycles. The number of hydrogen-bond acceptors (Lipinski definition) is 5. The molecule has 3 amide bonds. The van der Waals surface area contributed by atoms with E-state index in [0.717, 1.165) is 95.2 Å². The number of unbranched alkanes of at least 4 members (excludes halogenated alkanes) is 1. The fraction of sp³-hybridized carbons (Fsp3) is 0.686. The molecule has 2 heterocycles. The normalized spacial score (nSPS) is 31.7. The molecule has 3 aliphatic carbocycles. The Kier molecular flexibility index (Phi) is 9.26. The Balaban J connectivity index is 1.29. The molecule has 236 valence electrons. The Morgan fingerprint density at radius 1 is 1.07 bits per heavy atom. The highest BCUT2D eigenvalue weighted by atomic mass is 16.2. The number of rotatable bonds is 10. The number of carbonyl (C=O) groups excluding carboxylic acids is 3. The number of nitrogens with one attached hydrogen (secondary N) is 2. The maximum atomic E-state index is 14.3. The van der Waals surface area contributed by atoms with Crippen LogP contribution in [0.25, 0.3) is 0 Å².